The van der Waals surface area contributed by atoms with Crippen molar-refractivity contribution in [2.24, 2.45) is 5.92 Å². The van der Waals surface area contributed by atoms with Crippen LogP contribution in [0, 0.1) is 12.8 Å². The van der Waals surface area contributed by atoms with E-state index >= 15 is 0 Å². The summed E-state index contributed by atoms with van der Waals surface area (Å²) in [7, 11) is 0. The van der Waals surface area contributed by atoms with Gasteiger partial charge in [0.25, 0.3) is 5.91 Å². The molecule has 1 unspecified atom stereocenters. The summed E-state index contributed by atoms with van der Waals surface area (Å²) in [6, 6.07) is 17.1. The zero-order valence-electron chi connectivity index (χ0n) is 15.9. The number of carbonyl (C=O) groups is 1. The van der Waals surface area contributed by atoms with Gasteiger partial charge in [0, 0.05) is 17.5 Å². The third-order valence-corrected chi connectivity index (χ3v) is 4.56. The molecule has 0 aliphatic carbocycles. The Hall–Kier alpha value is -3.08. The molecule has 0 saturated carbocycles. The molecule has 0 spiro atoms. The van der Waals surface area contributed by atoms with Gasteiger partial charge in [-0.1, -0.05) is 44.2 Å². The van der Waals surface area contributed by atoms with Gasteiger partial charge in [-0.05, 0) is 49.1 Å². The number of benzene rings is 2. The zero-order valence-corrected chi connectivity index (χ0v) is 15.9. The number of aryl methyl sites for hydroxylation is 1. The summed E-state index contributed by atoms with van der Waals surface area (Å²) in [5, 5.41) is 3.14. The van der Waals surface area contributed by atoms with Crippen molar-refractivity contribution >= 4 is 5.91 Å². The Morgan fingerprint density at radius 1 is 1.07 bits per heavy atom. The lowest BCUT2D eigenvalue weighted by molar-refractivity contribution is 0.0932. The monoisotopic (exact) mass is 363 g/mol. The molecule has 3 aromatic rings. The third-order valence-electron chi connectivity index (χ3n) is 4.56. The van der Waals surface area contributed by atoms with Gasteiger partial charge in [0.1, 0.15) is 0 Å². The van der Waals surface area contributed by atoms with Crippen LogP contribution in [0.3, 0.4) is 0 Å². The van der Waals surface area contributed by atoms with Gasteiger partial charge in [0.15, 0.2) is 0 Å². The van der Waals surface area contributed by atoms with E-state index < -0.39 is 0 Å². The quantitative estimate of drug-likeness (QED) is 0.695. The summed E-state index contributed by atoms with van der Waals surface area (Å²) >= 11 is 0. The predicted octanol–water partition coefficient (Wildman–Crippen LogP) is 3.99. The van der Waals surface area contributed by atoms with E-state index in [1.54, 1.807) is 35.0 Å². The molecule has 0 radical (unpaired) electrons. The van der Waals surface area contributed by atoms with E-state index in [1.807, 2.05) is 37.3 Å². The SMILES string of the molecule is Cc1c[nH]c(=O)n1-c1ccc(C(=O)NC(CC(C)C)c2ccccc2)cc1. The summed E-state index contributed by atoms with van der Waals surface area (Å²) in [6.45, 7) is 6.15. The minimum absolute atomic E-state index is 0.0343. The van der Waals surface area contributed by atoms with E-state index in [2.05, 4.69) is 24.1 Å². The Morgan fingerprint density at radius 3 is 2.30 bits per heavy atom. The van der Waals surface area contributed by atoms with Crippen molar-refractivity contribution in [3.8, 4) is 5.69 Å². The Morgan fingerprint density at radius 2 is 1.74 bits per heavy atom. The van der Waals surface area contributed by atoms with Gasteiger partial charge in [0.05, 0.1) is 11.7 Å². The molecule has 5 nitrogen and oxygen atoms in total. The van der Waals surface area contributed by atoms with Crippen molar-refractivity contribution in [3.63, 3.8) is 0 Å². The van der Waals surface area contributed by atoms with Crippen LogP contribution in [0.15, 0.2) is 65.6 Å². The summed E-state index contributed by atoms with van der Waals surface area (Å²) < 4.78 is 1.58. The Bertz CT molecular complexity index is 953. The molecule has 2 aromatic carbocycles. The normalized spacial score (nSPS) is 12.1. The second-order valence-electron chi connectivity index (χ2n) is 7.18. The van der Waals surface area contributed by atoms with Gasteiger partial charge in [-0.25, -0.2) is 4.79 Å². The second kappa shape index (κ2) is 8.08. The minimum Gasteiger partial charge on any atom is -0.345 e. The average Bonchev–Trinajstić information content (AvgIpc) is 3.00. The second-order valence-corrected chi connectivity index (χ2v) is 7.18. The maximum absolute atomic E-state index is 12.8. The van der Waals surface area contributed by atoms with Gasteiger partial charge in [-0.2, -0.15) is 0 Å². The fraction of sp³-hybridized carbons (Fsp3) is 0.273. The summed E-state index contributed by atoms with van der Waals surface area (Å²) in [5.41, 5.74) is 3.04. The van der Waals surface area contributed by atoms with Crippen LogP contribution in [0.1, 0.15) is 47.9 Å². The van der Waals surface area contributed by atoms with E-state index in [0.29, 0.717) is 11.5 Å². The summed E-state index contributed by atoms with van der Waals surface area (Å²) in [6.07, 6.45) is 2.53. The molecule has 0 bridgehead atoms. The van der Waals surface area contributed by atoms with Crippen LogP contribution in [0.4, 0.5) is 0 Å². The largest absolute Gasteiger partial charge is 0.345 e. The zero-order chi connectivity index (χ0) is 19.4. The van der Waals surface area contributed by atoms with Gasteiger partial charge < -0.3 is 10.3 Å². The van der Waals surface area contributed by atoms with Crippen LogP contribution in [0.2, 0.25) is 0 Å². The smallest absolute Gasteiger partial charge is 0.330 e. The first-order valence-corrected chi connectivity index (χ1v) is 9.19. The number of aromatic amines is 1. The molecule has 1 amide bonds. The van der Waals surface area contributed by atoms with E-state index in [4.69, 9.17) is 0 Å². The fourth-order valence-electron chi connectivity index (χ4n) is 3.21. The van der Waals surface area contributed by atoms with Crippen molar-refractivity contribution in [1.82, 2.24) is 14.9 Å². The number of hydrogen-bond donors (Lipinski definition) is 2. The van der Waals surface area contributed by atoms with Crippen molar-refractivity contribution in [1.29, 1.82) is 0 Å². The number of aromatic nitrogens is 2. The first-order chi connectivity index (χ1) is 13.0. The molecule has 5 heteroatoms. The number of carbonyl (C=O) groups excluding carboxylic acids is 1. The molecule has 1 atom stereocenters. The lowest BCUT2D eigenvalue weighted by atomic mass is 9.96. The van der Waals surface area contributed by atoms with Crippen molar-refractivity contribution in [2.45, 2.75) is 33.2 Å². The maximum Gasteiger partial charge on any atom is 0.330 e. The molecule has 2 N–H and O–H groups in total. The van der Waals surface area contributed by atoms with Crippen molar-refractivity contribution in [2.75, 3.05) is 0 Å². The van der Waals surface area contributed by atoms with E-state index in [1.165, 1.54) is 0 Å². The Labute approximate surface area is 159 Å². The Balaban J connectivity index is 1.79. The van der Waals surface area contributed by atoms with Gasteiger partial charge >= 0.3 is 5.69 Å². The van der Waals surface area contributed by atoms with Gasteiger partial charge in [-0.15, -0.1) is 0 Å². The highest BCUT2D eigenvalue weighted by molar-refractivity contribution is 5.94. The standard InChI is InChI=1S/C22H25N3O2/c1-15(2)13-20(17-7-5-4-6-8-17)24-21(26)18-9-11-19(12-10-18)25-16(3)14-23-22(25)27/h4-12,14-15,20H,13H2,1-3H3,(H,23,27)(H,24,26). The highest BCUT2D eigenvalue weighted by Crippen LogP contribution is 2.22. The molecule has 0 saturated heterocycles. The molecular weight excluding hydrogens is 338 g/mol. The summed E-state index contributed by atoms with van der Waals surface area (Å²) in [4.78, 5) is 27.3. The summed E-state index contributed by atoms with van der Waals surface area (Å²) in [5.74, 6) is 0.343. The van der Waals surface area contributed by atoms with Crippen LogP contribution >= 0.6 is 0 Å². The molecular formula is C22H25N3O2. The molecule has 0 aliphatic heterocycles. The van der Waals surface area contributed by atoms with Crippen molar-refractivity contribution < 1.29 is 4.79 Å². The van der Waals surface area contributed by atoms with Crippen LogP contribution in [-0.2, 0) is 0 Å². The number of hydrogen-bond acceptors (Lipinski definition) is 2. The molecule has 27 heavy (non-hydrogen) atoms. The third kappa shape index (κ3) is 4.37. The minimum atomic E-state index is -0.189. The van der Waals surface area contributed by atoms with Crippen LogP contribution in [0.5, 0.6) is 0 Å². The molecule has 0 fully saturated rings. The molecule has 3 rings (SSSR count). The van der Waals surface area contributed by atoms with Crippen LogP contribution in [-0.4, -0.2) is 15.5 Å². The number of amides is 1. The van der Waals surface area contributed by atoms with E-state index in [9.17, 15) is 9.59 Å². The highest BCUT2D eigenvalue weighted by Gasteiger charge is 2.17. The van der Waals surface area contributed by atoms with E-state index in [-0.39, 0.29) is 17.6 Å². The van der Waals surface area contributed by atoms with Gasteiger partial charge in [-0.3, -0.25) is 9.36 Å². The molecule has 140 valence electrons. The first-order valence-electron chi connectivity index (χ1n) is 9.19. The number of rotatable bonds is 6. The van der Waals surface area contributed by atoms with E-state index in [0.717, 1.165) is 23.4 Å². The maximum atomic E-state index is 12.8. The topological polar surface area (TPSA) is 66.9 Å². The van der Waals surface area contributed by atoms with Crippen molar-refractivity contribution in [3.05, 3.63) is 88.1 Å². The first kappa shape index (κ1) is 18.7. The predicted molar refractivity (Wildman–Crippen MR) is 107 cm³/mol. The lowest BCUT2D eigenvalue weighted by Gasteiger charge is -2.21. The fourth-order valence-corrected chi connectivity index (χ4v) is 3.21. The number of nitrogens with one attached hydrogen (secondary N) is 2. The number of imidazole rings is 1. The van der Waals surface area contributed by atoms with Crippen LogP contribution < -0.4 is 11.0 Å². The average molecular weight is 363 g/mol. The van der Waals surface area contributed by atoms with Gasteiger partial charge in [0.2, 0.25) is 0 Å². The molecule has 1 aromatic heterocycles. The molecule has 0 aliphatic rings. The Kier molecular flexibility index (Phi) is 5.60. The van der Waals surface area contributed by atoms with Crippen LogP contribution in [0.25, 0.3) is 5.69 Å². The lowest BCUT2D eigenvalue weighted by Crippen LogP contribution is -2.29. The number of nitrogens with zero attached hydrogens (tertiary/aromatic N) is 1. The number of H-pyrrole nitrogens is 1. The molecule has 1 heterocycles. The highest BCUT2D eigenvalue weighted by atomic mass is 16.2.